The van der Waals surface area contributed by atoms with Gasteiger partial charge in [-0.2, -0.15) is 0 Å². The molecular weight excluding hydrogens is 76.1 g/mol. The van der Waals surface area contributed by atoms with E-state index in [9.17, 15) is 0 Å². The van der Waals surface area contributed by atoms with Crippen LogP contribution in [-0.4, -0.2) is 24.7 Å². The third-order valence-corrected chi connectivity index (χ3v) is 0.739. The van der Waals surface area contributed by atoms with E-state index < -0.39 is 0 Å². The molecule has 0 aliphatic carbocycles. The zero-order valence-electron chi connectivity index (χ0n) is 3.76. The van der Waals surface area contributed by atoms with Crippen molar-refractivity contribution < 1.29 is 0 Å². The number of nitrogens with zero attached hydrogens (tertiary/aromatic N) is 2. The predicted octanol–water partition coefficient (Wildman–Crippen LogP) is 0.122. The van der Waals surface area contributed by atoms with Crippen LogP contribution in [0.1, 0.15) is 0 Å². The summed E-state index contributed by atoms with van der Waals surface area (Å²) < 4.78 is 0. The van der Waals surface area contributed by atoms with Crippen LogP contribution in [0.15, 0.2) is 4.99 Å². The second-order valence-electron chi connectivity index (χ2n) is 1.39. The lowest BCUT2D eigenvalue weighted by Gasteiger charge is -1.98. The van der Waals surface area contributed by atoms with Crippen molar-refractivity contribution >= 4 is 6.21 Å². The second-order valence-corrected chi connectivity index (χ2v) is 1.39. The largest absolute Gasteiger partial charge is 0.277 e. The van der Waals surface area contributed by atoms with Gasteiger partial charge in [-0.3, -0.25) is 9.89 Å². The van der Waals surface area contributed by atoms with Gasteiger partial charge in [0, 0.05) is 12.8 Å². The van der Waals surface area contributed by atoms with Gasteiger partial charge in [0.25, 0.3) is 0 Å². The summed E-state index contributed by atoms with van der Waals surface area (Å²) in [6.45, 7) is 2.78. The highest BCUT2D eigenvalue weighted by Crippen LogP contribution is 1.92. The van der Waals surface area contributed by atoms with Gasteiger partial charge in [-0.25, -0.2) is 0 Å². The van der Waals surface area contributed by atoms with E-state index in [4.69, 9.17) is 0 Å². The molecule has 0 unspecified atom stereocenters. The van der Waals surface area contributed by atoms with Gasteiger partial charge in [0.15, 0.2) is 0 Å². The summed E-state index contributed by atoms with van der Waals surface area (Å²) in [6, 6.07) is 0. The highest BCUT2D eigenvalue weighted by molar-refractivity contribution is 5.62. The molecule has 0 N–H and O–H groups in total. The molecule has 0 atom stereocenters. The summed E-state index contributed by atoms with van der Waals surface area (Å²) in [5, 5.41) is 0. The van der Waals surface area contributed by atoms with Crippen molar-refractivity contribution in [2.75, 3.05) is 13.6 Å². The topological polar surface area (TPSA) is 15.6 Å². The molecule has 33 valence electrons. The zero-order chi connectivity index (χ0) is 4.41. The van der Waals surface area contributed by atoms with Crippen LogP contribution in [0.5, 0.6) is 0 Å². The van der Waals surface area contributed by atoms with Crippen molar-refractivity contribution in [1.82, 2.24) is 4.90 Å². The van der Waals surface area contributed by atoms with Crippen LogP contribution in [0.3, 0.4) is 0 Å². The lowest BCUT2D eigenvalue weighted by atomic mass is 10.7. The van der Waals surface area contributed by atoms with E-state index in [1.165, 1.54) is 0 Å². The molecule has 6 heavy (non-hydrogen) atoms. The standard InChI is InChI=1S/C4H7N2/c1-6-3-2-5-4-6/h2,4H,3H2,1H3. The highest BCUT2D eigenvalue weighted by atomic mass is 15.2. The average molecular weight is 83.1 g/mol. The summed E-state index contributed by atoms with van der Waals surface area (Å²) >= 11 is 0. The maximum atomic E-state index is 3.84. The minimum absolute atomic E-state index is 0.972. The van der Waals surface area contributed by atoms with Crippen molar-refractivity contribution in [2.45, 2.75) is 0 Å². The Hall–Kier alpha value is -0.370. The Morgan fingerprint density at radius 3 is 2.83 bits per heavy atom. The molecule has 2 heteroatoms. The molecule has 1 radical (unpaired) electrons. The van der Waals surface area contributed by atoms with Gasteiger partial charge < -0.3 is 0 Å². The quantitative estimate of drug-likeness (QED) is 0.406. The van der Waals surface area contributed by atoms with Crippen LogP contribution >= 0.6 is 0 Å². The molecule has 0 aromatic heterocycles. The maximum absolute atomic E-state index is 3.84. The van der Waals surface area contributed by atoms with Crippen LogP contribution in [0.2, 0.25) is 0 Å². The van der Waals surface area contributed by atoms with Gasteiger partial charge >= 0.3 is 0 Å². The SMILES string of the molecule is CN1[CH]N=CC1. The van der Waals surface area contributed by atoms with Crippen molar-refractivity contribution in [3.8, 4) is 0 Å². The number of hydrogen-bond donors (Lipinski definition) is 0. The Morgan fingerprint density at radius 1 is 1.83 bits per heavy atom. The minimum atomic E-state index is 0.972. The van der Waals surface area contributed by atoms with Crippen LogP contribution in [0.25, 0.3) is 0 Å². The molecule has 0 amide bonds. The summed E-state index contributed by atoms with van der Waals surface area (Å²) in [4.78, 5) is 5.85. The fourth-order valence-corrected chi connectivity index (χ4v) is 0.384. The van der Waals surface area contributed by atoms with Gasteiger partial charge in [-0.05, 0) is 7.05 Å². The van der Waals surface area contributed by atoms with E-state index >= 15 is 0 Å². The van der Waals surface area contributed by atoms with Gasteiger partial charge in [0.05, 0.1) is 0 Å². The fraction of sp³-hybridized carbons (Fsp3) is 0.500. The van der Waals surface area contributed by atoms with Gasteiger partial charge in [-0.1, -0.05) is 0 Å². The fourth-order valence-electron chi connectivity index (χ4n) is 0.384. The molecule has 1 heterocycles. The molecule has 0 bridgehead atoms. The Bertz CT molecular complexity index is 59.9. The van der Waals surface area contributed by atoms with Crippen LogP contribution < -0.4 is 0 Å². The molecule has 0 aromatic carbocycles. The Kier molecular flexibility index (Phi) is 0.881. The Morgan fingerprint density at radius 2 is 2.67 bits per heavy atom. The minimum Gasteiger partial charge on any atom is -0.277 e. The number of hydrogen-bond acceptors (Lipinski definition) is 2. The summed E-state index contributed by atoms with van der Waals surface area (Å²) in [5.41, 5.74) is 0. The molecule has 0 saturated carbocycles. The molecular formula is C4H7N2. The summed E-state index contributed by atoms with van der Waals surface area (Å²) in [5.74, 6) is 0. The van der Waals surface area contributed by atoms with E-state index in [1.807, 2.05) is 18.2 Å². The number of aliphatic imine (C=N–C) groups is 1. The third kappa shape index (κ3) is 0.571. The van der Waals surface area contributed by atoms with Gasteiger partial charge in [-0.15, -0.1) is 0 Å². The second kappa shape index (κ2) is 1.39. The average Bonchev–Trinajstić information content (AvgIpc) is 1.86. The first-order valence-electron chi connectivity index (χ1n) is 1.95. The maximum Gasteiger partial charge on any atom is 0.138 e. The monoisotopic (exact) mass is 83.1 g/mol. The Labute approximate surface area is 37.5 Å². The van der Waals surface area contributed by atoms with E-state index in [2.05, 4.69) is 4.99 Å². The first-order chi connectivity index (χ1) is 2.89. The molecule has 1 aliphatic rings. The Balaban J connectivity index is 2.32. The first-order valence-corrected chi connectivity index (χ1v) is 1.95. The summed E-state index contributed by atoms with van der Waals surface area (Å²) in [7, 11) is 1.99. The lowest BCUT2D eigenvalue weighted by molar-refractivity contribution is 0.489. The van der Waals surface area contributed by atoms with Crippen molar-refractivity contribution in [2.24, 2.45) is 4.99 Å². The molecule has 2 nitrogen and oxygen atoms in total. The number of rotatable bonds is 0. The van der Waals surface area contributed by atoms with Gasteiger partial charge in [0.2, 0.25) is 0 Å². The zero-order valence-corrected chi connectivity index (χ0v) is 3.76. The molecule has 0 aromatic rings. The van der Waals surface area contributed by atoms with E-state index in [0.29, 0.717) is 0 Å². The molecule has 0 spiro atoms. The smallest absolute Gasteiger partial charge is 0.138 e. The van der Waals surface area contributed by atoms with Crippen molar-refractivity contribution in [3.05, 3.63) is 6.67 Å². The van der Waals surface area contributed by atoms with Crippen LogP contribution in [-0.2, 0) is 0 Å². The predicted molar refractivity (Wildman–Crippen MR) is 25.4 cm³/mol. The van der Waals surface area contributed by atoms with Gasteiger partial charge in [0.1, 0.15) is 6.67 Å². The van der Waals surface area contributed by atoms with E-state index in [-0.39, 0.29) is 0 Å². The highest BCUT2D eigenvalue weighted by Gasteiger charge is 1.97. The normalized spacial score (nSPS) is 22.8. The molecule has 1 aliphatic heterocycles. The van der Waals surface area contributed by atoms with Crippen molar-refractivity contribution in [1.29, 1.82) is 0 Å². The molecule has 1 rings (SSSR count). The molecule has 0 saturated heterocycles. The van der Waals surface area contributed by atoms with E-state index in [1.54, 1.807) is 6.67 Å². The summed E-state index contributed by atoms with van der Waals surface area (Å²) in [6.07, 6.45) is 1.88. The lowest BCUT2D eigenvalue weighted by Crippen LogP contribution is -2.08. The van der Waals surface area contributed by atoms with Crippen LogP contribution in [0.4, 0.5) is 0 Å². The van der Waals surface area contributed by atoms with Crippen molar-refractivity contribution in [3.63, 3.8) is 0 Å². The van der Waals surface area contributed by atoms with Crippen LogP contribution in [0, 0.1) is 6.67 Å². The van der Waals surface area contributed by atoms with E-state index in [0.717, 1.165) is 6.54 Å². The molecule has 0 fully saturated rings. The third-order valence-electron chi connectivity index (χ3n) is 0.739. The first kappa shape index (κ1) is 3.81.